The predicted molar refractivity (Wildman–Crippen MR) is 370 cm³/mol. The maximum absolute atomic E-state index is 8.50. The summed E-state index contributed by atoms with van der Waals surface area (Å²) in [5.74, 6) is 0. The minimum Gasteiger partial charge on any atom is -0.309 e. The fourth-order valence-electron chi connectivity index (χ4n) is 12.9. The number of aryl methyl sites for hydroxylation is 1. The molecule has 85 heavy (non-hydrogen) atoms. The molecule has 0 amide bonds. The van der Waals surface area contributed by atoms with Crippen LogP contribution in [0.3, 0.4) is 0 Å². The number of anilines is 6. The molecule has 1 aromatic heterocycles. The fourth-order valence-corrected chi connectivity index (χ4v) is 14.1. The van der Waals surface area contributed by atoms with Gasteiger partial charge < -0.3 is 9.80 Å². The standard InChI is InChI=1S/C81H65ClN2S/c1-52-45-71(83(59-34-24-33-57(47-59)80(2,3)4)60-40-42-66-68(49-60)77(55-29-16-10-17-30-55)64-37-22-20-35-62(64)75(66)53-25-12-8-13-26-53)79(82)72(46-52)84(73-51-85-74-44-39-58(48-70(73)74)81(5,6)7)61-41-43-67-69(50-61)78(56-31-18-11-19-32-56)65-38-23-21-36-63(65)76(67)54-27-14-9-15-28-54/h8-51H,1-7H3. The second-order valence-corrected chi connectivity index (χ2v) is 26.0. The molecule has 0 atom stereocenters. The van der Waals surface area contributed by atoms with Gasteiger partial charge in [-0.25, -0.2) is 0 Å². The van der Waals surface area contributed by atoms with Gasteiger partial charge in [-0.2, -0.15) is 0 Å². The van der Waals surface area contributed by atoms with Crippen LogP contribution in [0, 0.1) is 6.92 Å². The predicted octanol–water partition coefficient (Wildman–Crippen LogP) is 24.7. The zero-order chi connectivity index (χ0) is 58.1. The van der Waals surface area contributed by atoms with E-state index in [1.807, 2.05) is 0 Å². The van der Waals surface area contributed by atoms with Crippen molar-refractivity contribution in [3.8, 4) is 44.5 Å². The molecule has 0 fully saturated rings. The van der Waals surface area contributed by atoms with Crippen LogP contribution < -0.4 is 9.80 Å². The Morgan fingerprint density at radius 3 is 1.13 bits per heavy atom. The van der Waals surface area contributed by atoms with E-state index in [4.69, 9.17) is 11.6 Å². The van der Waals surface area contributed by atoms with E-state index in [0.717, 1.165) is 45.1 Å². The lowest BCUT2D eigenvalue weighted by molar-refractivity contribution is 0.590. The Bertz CT molecular complexity index is 4860. The Balaban J connectivity index is 1.07. The number of halogens is 1. The van der Waals surface area contributed by atoms with Gasteiger partial charge in [-0.1, -0.05) is 253 Å². The molecular formula is C81H65ClN2S. The van der Waals surface area contributed by atoms with Crippen LogP contribution in [0.4, 0.5) is 34.1 Å². The summed E-state index contributed by atoms with van der Waals surface area (Å²) in [4.78, 5) is 4.86. The summed E-state index contributed by atoms with van der Waals surface area (Å²) in [6.45, 7) is 16.0. The van der Waals surface area contributed by atoms with Gasteiger partial charge in [-0.15, -0.1) is 11.3 Å². The molecule has 4 heteroatoms. The van der Waals surface area contributed by atoms with Crippen molar-refractivity contribution in [3.63, 3.8) is 0 Å². The van der Waals surface area contributed by atoms with E-state index in [1.165, 1.54) is 103 Å². The third kappa shape index (κ3) is 9.62. The van der Waals surface area contributed by atoms with Crippen LogP contribution >= 0.6 is 22.9 Å². The molecule has 0 aliphatic heterocycles. The summed E-state index contributed by atoms with van der Waals surface area (Å²) in [5, 5.41) is 13.7. The number of benzene rings is 13. The lowest BCUT2D eigenvalue weighted by Crippen LogP contribution is -2.16. The van der Waals surface area contributed by atoms with Gasteiger partial charge in [0.1, 0.15) is 0 Å². The van der Waals surface area contributed by atoms with Crippen molar-refractivity contribution >= 4 is 110 Å². The largest absolute Gasteiger partial charge is 0.309 e. The van der Waals surface area contributed by atoms with E-state index in [1.54, 1.807) is 11.3 Å². The topological polar surface area (TPSA) is 6.48 Å². The Kier molecular flexibility index (Phi) is 13.5. The molecule has 412 valence electrons. The second-order valence-electron chi connectivity index (χ2n) is 24.7. The lowest BCUT2D eigenvalue weighted by Gasteiger charge is -2.33. The van der Waals surface area contributed by atoms with Crippen molar-refractivity contribution in [2.45, 2.75) is 59.3 Å². The van der Waals surface area contributed by atoms with Gasteiger partial charge in [0.05, 0.1) is 22.1 Å². The average molecular weight is 1130 g/mol. The molecule has 0 N–H and O–H groups in total. The number of nitrogens with zero attached hydrogens (tertiary/aromatic N) is 2. The maximum atomic E-state index is 8.50. The molecule has 2 nitrogen and oxygen atoms in total. The fraction of sp³-hybridized carbons (Fsp3) is 0.111. The van der Waals surface area contributed by atoms with Gasteiger partial charge in [0.2, 0.25) is 0 Å². The number of rotatable bonds is 10. The van der Waals surface area contributed by atoms with Crippen LogP contribution in [0.1, 0.15) is 58.2 Å². The smallest absolute Gasteiger partial charge is 0.0887 e. The molecule has 14 aromatic rings. The van der Waals surface area contributed by atoms with E-state index in [0.29, 0.717) is 5.02 Å². The summed E-state index contributed by atoms with van der Waals surface area (Å²) in [6, 6.07) is 96.2. The summed E-state index contributed by atoms with van der Waals surface area (Å²) < 4.78 is 1.22. The first-order valence-corrected chi connectivity index (χ1v) is 30.8. The highest BCUT2D eigenvalue weighted by atomic mass is 35.5. The van der Waals surface area contributed by atoms with Crippen LogP contribution in [0.25, 0.3) is 97.7 Å². The number of hydrogen-bond acceptors (Lipinski definition) is 3. The first-order chi connectivity index (χ1) is 41.3. The summed E-state index contributed by atoms with van der Waals surface area (Å²) in [5.41, 5.74) is 18.8. The van der Waals surface area contributed by atoms with Crippen molar-refractivity contribution in [1.29, 1.82) is 0 Å². The zero-order valence-corrected chi connectivity index (χ0v) is 50.7. The third-order valence-corrected chi connectivity index (χ3v) is 18.4. The van der Waals surface area contributed by atoms with E-state index in [-0.39, 0.29) is 10.8 Å². The first kappa shape index (κ1) is 53.7. The molecule has 1 heterocycles. The molecule has 0 saturated carbocycles. The first-order valence-electron chi connectivity index (χ1n) is 29.5. The minimum atomic E-state index is -0.125. The second kappa shape index (κ2) is 21.4. The molecule has 0 unspecified atom stereocenters. The van der Waals surface area contributed by atoms with E-state index in [9.17, 15) is 0 Å². The molecular weight excluding hydrogens is 1070 g/mol. The molecule has 0 saturated heterocycles. The summed E-state index contributed by atoms with van der Waals surface area (Å²) >= 11 is 10.3. The van der Waals surface area contributed by atoms with Gasteiger partial charge in [0, 0.05) is 32.5 Å². The Morgan fingerprint density at radius 2 is 0.682 bits per heavy atom. The van der Waals surface area contributed by atoms with Gasteiger partial charge in [0.15, 0.2) is 0 Å². The number of thiophene rings is 1. The lowest BCUT2D eigenvalue weighted by atomic mass is 9.85. The van der Waals surface area contributed by atoms with Gasteiger partial charge in [0.25, 0.3) is 0 Å². The van der Waals surface area contributed by atoms with Crippen molar-refractivity contribution in [3.05, 3.63) is 288 Å². The van der Waals surface area contributed by atoms with Crippen LogP contribution in [0.15, 0.2) is 266 Å². The van der Waals surface area contributed by atoms with E-state index < -0.39 is 0 Å². The molecule has 13 aromatic carbocycles. The van der Waals surface area contributed by atoms with Crippen LogP contribution in [-0.4, -0.2) is 0 Å². The molecule has 0 bridgehead atoms. The molecule has 0 radical (unpaired) electrons. The highest BCUT2D eigenvalue weighted by Gasteiger charge is 2.29. The molecule has 0 spiro atoms. The van der Waals surface area contributed by atoms with Crippen molar-refractivity contribution in [2.24, 2.45) is 0 Å². The van der Waals surface area contributed by atoms with Gasteiger partial charge in [-0.3, -0.25) is 0 Å². The summed E-state index contributed by atoms with van der Waals surface area (Å²) in [7, 11) is 0. The number of fused-ring (bicyclic) bond motifs is 5. The zero-order valence-electron chi connectivity index (χ0n) is 49.1. The highest BCUT2D eigenvalue weighted by Crippen LogP contribution is 2.54. The van der Waals surface area contributed by atoms with E-state index >= 15 is 0 Å². The van der Waals surface area contributed by atoms with Crippen molar-refractivity contribution in [2.75, 3.05) is 9.80 Å². The van der Waals surface area contributed by atoms with Crippen molar-refractivity contribution < 1.29 is 0 Å². The van der Waals surface area contributed by atoms with Gasteiger partial charge in [-0.05, 0) is 183 Å². The Hall–Kier alpha value is -9.25. The van der Waals surface area contributed by atoms with Crippen LogP contribution in [-0.2, 0) is 10.8 Å². The number of hydrogen-bond donors (Lipinski definition) is 0. The summed E-state index contributed by atoms with van der Waals surface area (Å²) in [6.07, 6.45) is 0. The van der Waals surface area contributed by atoms with Gasteiger partial charge >= 0.3 is 0 Å². The molecule has 0 aliphatic rings. The Labute approximate surface area is 508 Å². The van der Waals surface area contributed by atoms with Crippen LogP contribution in [0.5, 0.6) is 0 Å². The van der Waals surface area contributed by atoms with Crippen molar-refractivity contribution in [1.82, 2.24) is 0 Å². The minimum absolute atomic E-state index is 0.0781. The third-order valence-electron chi connectivity index (χ3n) is 17.1. The molecule has 14 rings (SSSR count). The van der Waals surface area contributed by atoms with Crippen LogP contribution in [0.2, 0.25) is 5.02 Å². The quantitative estimate of drug-likeness (QED) is 0.126. The monoisotopic (exact) mass is 1130 g/mol. The molecule has 0 aliphatic carbocycles. The average Bonchev–Trinajstić information content (AvgIpc) is 1.13. The maximum Gasteiger partial charge on any atom is 0.0887 e. The highest BCUT2D eigenvalue weighted by molar-refractivity contribution is 7.17. The van der Waals surface area contributed by atoms with E-state index in [2.05, 4.69) is 324 Å². The Morgan fingerprint density at radius 1 is 0.306 bits per heavy atom. The SMILES string of the molecule is Cc1cc(N(c2cccc(C(C)(C)C)c2)c2ccc3c(-c4ccccc4)c4ccccc4c(-c4ccccc4)c3c2)c(Cl)c(N(c2ccc3c(-c4ccccc4)c4ccccc4c(-c4ccccc4)c3c2)c2csc3ccc(C(C)(C)C)cc23)c1. The normalized spacial score (nSPS) is 12.0.